The van der Waals surface area contributed by atoms with Crippen LogP contribution in [0.3, 0.4) is 0 Å². The van der Waals surface area contributed by atoms with Crippen molar-refractivity contribution >= 4 is 11.6 Å². The van der Waals surface area contributed by atoms with Gasteiger partial charge in [0.2, 0.25) is 0 Å². The smallest absolute Gasteiger partial charge is 0.276 e. The Kier molecular flexibility index (Phi) is 4.42. The maximum atomic E-state index is 12.5. The van der Waals surface area contributed by atoms with E-state index in [1.165, 1.54) is 0 Å². The normalized spacial score (nSPS) is 19.1. The van der Waals surface area contributed by atoms with Crippen molar-refractivity contribution in [2.45, 2.75) is 45.1 Å². The highest BCUT2D eigenvalue weighted by Crippen LogP contribution is 2.25. The van der Waals surface area contributed by atoms with Gasteiger partial charge in [-0.3, -0.25) is 9.89 Å². The SMILES string of the molecule is CCc1[nH]nc(C(=O)N2CCCC2CCCO)c1N. The predicted octanol–water partition coefficient (Wildman–Crippen LogP) is 0.931. The minimum absolute atomic E-state index is 0.0890. The summed E-state index contributed by atoms with van der Waals surface area (Å²) < 4.78 is 0. The van der Waals surface area contributed by atoms with Crippen LogP contribution < -0.4 is 5.73 Å². The highest BCUT2D eigenvalue weighted by Gasteiger charge is 2.31. The van der Waals surface area contributed by atoms with Crippen LogP contribution in [0, 0.1) is 0 Å². The second-order valence-corrected chi connectivity index (χ2v) is 4.98. The molecule has 0 radical (unpaired) electrons. The first-order chi connectivity index (χ1) is 9.19. The molecule has 0 aromatic carbocycles. The first-order valence-electron chi connectivity index (χ1n) is 6.93. The van der Waals surface area contributed by atoms with Gasteiger partial charge in [-0.2, -0.15) is 5.10 Å². The van der Waals surface area contributed by atoms with E-state index in [9.17, 15) is 4.79 Å². The summed E-state index contributed by atoms with van der Waals surface area (Å²) in [4.78, 5) is 14.3. The first-order valence-corrected chi connectivity index (χ1v) is 6.93. The van der Waals surface area contributed by atoms with Crippen molar-refractivity contribution in [1.82, 2.24) is 15.1 Å². The van der Waals surface area contributed by atoms with Gasteiger partial charge in [-0.1, -0.05) is 6.92 Å². The molecule has 1 aliphatic rings. The Morgan fingerprint density at radius 2 is 2.42 bits per heavy atom. The van der Waals surface area contributed by atoms with Crippen molar-refractivity contribution in [2.75, 3.05) is 18.9 Å². The van der Waals surface area contributed by atoms with E-state index in [0.717, 1.165) is 44.3 Å². The van der Waals surface area contributed by atoms with E-state index in [-0.39, 0.29) is 18.6 Å². The monoisotopic (exact) mass is 266 g/mol. The number of nitrogens with two attached hydrogens (primary N) is 1. The third kappa shape index (κ3) is 2.73. The molecule has 106 valence electrons. The zero-order chi connectivity index (χ0) is 13.8. The zero-order valence-corrected chi connectivity index (χ0v) is 11.4. The maximum Gasteiger partial charge on any atom is 0.276 e. The molecule has 1 atom stereocenters. The molecule has 1 saturated heterocycles. The van der Waals surface area contributed by atoms with E-state index in [4.69, 9.17) is 10.8 Å². The van der Waals surface area contributed by atoms with Gasteiger partial charge in [0, 0.05) is 19.2 Å². The van der Waals surface area contributed by atoms with Crippen LogP contribution in [-0.2, 0) is 6.42 Å². The van der Waals surface area contributed by atoms with E-state index >= 15 is 0 Å². The third-order valence-electron chi connectivity index (χ3n) is 3.77. The largest absolute Gasteiger partial charge is 0.396 e. The quantitative estimate of drug-likeness (QED) is 0.739. The fourth-order valence-electron chi connectivity index (χ4n) is 2.69. The van der Waals surface area contributed by atoms with E-state index in [0.29, 0.717) is 11.4 Å². The first kappa shape index (κ1) is 13.9. The number of aliphatic hydroxyl groups excluding tert-OH is 1. The zero-order valence-electron chi connectivity index (χ0n) is 11.4. The molecular formula is C13H22N4O2. The highest BCUT2D eigenvalue weighted by molar-refractivity contribution is 5.98. The summed E-state index contributed by atoms with van der Waals surface area (Å²) >= 11 is 0. The Morgan fingerprint density at radius 3 is 3.05 bits per heavy atom. The van der Waals surface area contributed by atoms with Gasteiger partial charge in [-0.05, 0) is 32.1 Å². The van der Waals surface area contributed by atoms with Crippen molar-refractivity contribution < 1.29 is 9.90 Å². The summed E-state index contributed by atoms with van der Waals surface area (Å²) in [6.07, 6.45) is 4.31. The molecule has 1 unspecified atom stereocenters. The van der Waals surface area contributed by atoms with Crippen molar-refractivity contribution in [3.63, 3.8) is 0 Å². The van der Waals surface area contributed by atoms with Gasteiger partial charge in [0.15, 0.2) is 5.69 Å². The number of anilines is 1. The number of H-pyrrole nitrogens is 1. The predicted molar refractivity (Wildman–Crippen MR) is 72.8 cm³/mol. The number of amides is 1. The fraction of sp³-hybridized carbons (Fsp3) is 0.692. The average Bonchev–Trinajstić information content (AvgIpc) is 3.02. The summed E-state index contributed by atoms with van der Waals surface area (Å²) in [7, 11) is 0. The number of nitrogens with one attached hydrogen (secondary N) is 1. The van der Waals surface area contributed by atoms with Crippen LogP contribution in [0.5, 0.6) is 0 Å². The minimum atomic E-state index is -0.0890. The summed E-state index contributed by atoms with van der Waals surface area (Å²) in [6.45, 7) is 2.89. The van der Waals surface area contributed by atoms with Crippen LogP contribution in [0.15, 0.2) is 0 Å². The molecule has 1 amide bonds. The number of aromatic nitrogens is 2. The van der Waals surface area contributed by atoms with Gasteiger partial charge < -0.3 is 15.7 Å². The molecule has 2 rings (SSSR count). The molecule has 4 N–H and O–H groups in total. The van der Waals surface area contributed by atoms with Gasteiger partial charge >= 0.3 is 0 Å². The number of hydrogen-bond donors (Lipinski definition) is 3. The van der Waals surface area contributed by atoms with Crippen molar-refractivity contribution in [3.8, 4) is 0 Å². The molecular weight excluding hydrogens is 244 g/mol. The molecule has 6 heteroatoms. The lowest BCUT2D eigenvalue weighted by Gasteiger charge is -2.23. The molecule has 2 heterocycles. The van der Waals surface area contributed by atoms with E-state index in [1.807, 2.05) is 11.8 Å². The highest BCUT2D eigenvalue weighted by atomic mass is 16.3. The Hall–Kier alpha value is -1.56. The second kappa shape index (κ2) is 6.06. The van der Waals surface area contributed by atoms with Crippen molar-refractivity contribution in [2.24, 2.45) is 0 Å². The number of carbonyl (C=O) groups excluding carboxylic acids is 1. The van der Waals surface area contributed by atoms with Gasteiger partial charge in [0.25, 0.3) is 5.91 Å². The average molecular weight is 266 g/mol. The Labute approximate surface area is 113 Å². The number of likely N-dealkylation sites (tertiary alicyclic amines) is 1. The number of rotatable bonds is 5. The Bertz CT molecular complexity index is 444. The molecule has 0 bridgehead atoms. The number of carbonyl (C=O) groups is 1. The molecule has 1 aliphatic heterocycles. The number of aryl methyl sites for hydroxylation is 1. The van der Waals surface area contributed by atoms with Crippen LogP contribution in [-0.4, -0.2) is 45.3 Å². The van der Waals surface area contributed by atoms with Crippen LogP contribution in [0.4, 0.5) is 5.69 Å². The molecule has 6 nitrogen and oxygen atoms in total. The van der Waals surface area contributed by atoms with Crippen LogP contribution >= 0.6 is 0 Å². The second-order valence-electron chi connectivity index (χ2n) is 4.98. The lowest BCUT2D eigenvalue weighted by molar-refractivity contribution is 0.0719. The van der Waals surface area contributed by atoms with Crippen LogP contribution in [0.1, 0.15) is 48.8 Å². The van der Waals surface area contributed by atoms with Crippen LogP contribution in [0.25, 0.3) is 0 Å². The topological polar surface area (TPSA) is 95.2 Å². The summed E-state index contributed by atoms with van der Waals surface area (Å²) in [5, 5.41) is 15.8. The van der Waals surface area contributed by atoms with Gasteiger partial charge in [-0.15, -0.1) is 0 Å². The number of nitrogen functional groups attached to an aromatic ring is 1. The summed E-state index contributed by atoms with van der Waals surface area (Å²) in [6, 6.07) is 0.209. The van der Waals surface area contributed by atoms with Crippen molar-refractivity contribution in [1.29, 1.82) is 0 Å². The lowest BCUT2D eigenvalue weighted by Crippen LogP contribution is -2.36. The van der Waals surface area contributed by atoms with Gasteiger partial charge in [-0.25, -0.2) is 0 Å². The summed E-state index contributed by atoms with van der Waals surface area (Å²) in [5.41, 5.74) is 7.57. The minimum Gasteiger partial charge on any atom is -0.396 e. The van der Waals surface area contributed by atoms with E-state index < -0.39 is 0 Å². The molecule has 0 spiro atoms. The molecule has 1 aromatic rings. The molecule has 1 aromatic heterocycles. The third-order valence-corrected chi connectivity index (χ3v) is 3.77. The van der Waals surface area contributed by atoms with Gasteiger partial charge in [0.05, 0.1) is 11.4 Å². The van der Waals surface area contributed by atoms with Gasteiger partial charge in [0.1, 0.15) is 0 Å². The standard InChI is InChI=1S/C13H22N4O2/c1-2-10-11(14)12(16-15-10)13(19)17-7-3-5-9(17)6-4-8-18/h9,18H,2-8,14H2,1H3,(H,15,16). The number of aliphatic hydroxyl groups is 1. The molecule has 0 saturated carbocycles. The number of aromatic amines is 1. The number of nitrogens with zero attached hydrogens (tertiary/aromatic N) is 2. The Balaban J connectivity index is 2.11. The summed E-state index contributed by atoms with van der Waals surface area (Å²) in [5.74, 6) is -0.0890. The van der Waals surface area contributed by atoms with Crippen molar-refractivity contribution in [3.05, 3.63) is 11.4 Å². The number of hydrogen-bond acceptors (Lipinski definition) is 4. The molecule has 1 fully saturated rings. The van der Waals surface area contributed by atoms with Crippen LogP contribution in [0.2, 0.25) is 0 Å². The fourth-order valence-corrected chi connectivity index (χ4v) is 2.69. The Morgan fingerprint density at radius 1 is 1.63 bits per heavy atom. The molecule has 19 heavy (non-hydrogen) atoms. The van der Waals surface area contributed by atoms with E-state index in [2.05, 4.69) is 10.2 Å². The van der Waals surface area contributed by atoms with E-state index in [1.54, 1.807) is 0 Å². The maximum absolute atomic E-state index is 12.5. The lowest BCUT2D eigenvalue weighted by atomic mass is 10.1. The molecule has 0 aliphatic carbocycles.